The fourth-order valence-electron chi connectivity index (χ4n) is 2.08. The minimum atomic E-state index is -0.540. The lowest BCUT2D eigenvalue weighted by Crippen LogP contribution is -2.38. The van der Waals surface area contributed by atoms with E-state index < -0.39 is 5.60 Å². The molecule has 0 aromatic heterocycles. The average Bonchev–Trinajstić information content (AvgIpc) is 2.25. The SMILES string of the molecule is C=C(CCCCC(OC)OC)C1(O)CCC1. The van der Waals surface area contributed by atoms with E-state index in [1.807, 2.05) is 0 Å². The summed E-state index contributed by atoms with van der Waals surface area (Å²) >= 11 is 0. The monoisotopic (exact) mass is 228 g/mol. The highest BCUT2D eigenvalue weighted by molar-refractivity contribution is 5.16. The minimum absolute atomic E-state index is 0.0972. The number of hydrogen-bond donors (Lipinski definition) is 1. The molecule has 0 aliphatic heterocycles. The van der Waals surface area contributed by atoms with Gasteiger partial charge in [-0.15, -0.1) is 0 Å². The number of aliphatic hydroxyl groups is 1. The summed E-state index contributed by atoms with van der Waals surface area (Å²) in [6, 6.07) is 0. The summed E-state index contributed by atoms with van der Waals surface area (Å²) in [5.41, 5.74) is 0.465. The van der Waals surface area contributed by atoms with Crippen LogP contribution in [0.15, 0.2) is 12.2 Å². The molecule has 94 valence electrons. The molecule has 0 unspecified atom stereocenters. The number of ether oxygens (including phenoxy) is 2. The van der Waals surface area contributed by atoms with Gasteiger partial charge in [0.1, 0.15) is 0 Å². The Bertz CT molecular complexity index is 217. The van der Waals surface area contributed by atoms with Gasteiger partial charge in [-0.25, -0.2) is 0 Å². The van der Waals surface area contributed by atoms with E-state index >= 15 is 0 Å². The van der Waals surface area contributed by atoms with Crippen LogP contribution in [0.5, 0.6) is 0 Å². The first kappa shape index (κ1) is 13.7. The Hall–Kier alpha value is -0.380. The minimum Gasteiger partial charge on any atom is -0.386 e. The molecule has 1 rings (SSSR count). The third kappa shape index (κ3) is 3.58. The summed E-state index contributed by atoms with van der Waals surface area (Å²) in [7, 11) is 3.31. The van der Waals surface area contributed by atoms with Crippen molar-refractivity contribution in [2.45, 2.75) is 56.8 Å². The summed E-state index contributed by atoms with van der Waals surface area (Å²) in [5.74, 6) is 0. The van der Waals surface area contributed by atoms with Gasteiger partial charge in [-0.2, -0.15) is 0 Å². The molecule has 1 aliphatic rings. The molecule has 0 atom stereocenters. The fraction of sp³-hybridized carbons (Fsp3) is 0.846. The van der Waals surface area contributed by atoms with E-state index in [2.05, 4.69) is 6.58 Å². The second-order valence-corrected chi connectivity index (χ2v) is 4.64. The Morgan fingerprint density at radius 3 is 2.38 bits per heavy atom. The van der Waals surface area contributed by atoms with Crippen molar-refractivity contribution in [1.82, 2.24) is 0 Å². The molecule has 0 aromatic carbocycles. The maximum atomic E-state index is 10.0. The van der Waals surface area contributed by atoms with Crippen molar-refractivity contribution in [2.75, 3.05) is 14.2 Å². The summed E-state index contributed by atoms with van der Waals surface area (Å²) < 4.78 is 10.2. The van der Waals surface area contributed by atoms with Crippen LogP contribution in [0.25, 0.3) is 0 Å². The van der Waals surface area contributed by atoms with Crippen molar-refractivity contribution in [3.63, 3.8) is 0 Å². The van der Waals surface area contributed by atoms with Crippen molar-refractivity contribution >= 4 is 0 Å². The zero-order chi connectivity index (χ0) is 12.0. The highest BCUT2D eigenvalue weighted by Crippen LogP contribution is 2.39. The van der Waals surface area contributed by atoms with E-state index in [-0.39, 0.29) is 6.29 Å². The van der Waals surface area contributed by atoms with Gasteiger partial charge in [0.2, 0.25) is 0 Å². The summed E-state index contributed by atoms with van der Waals surface area (Å²) in [6.45, 7) is 3.99. The molecule has 1 N–H and O–H groups in total. The molecule has 0 amide bonds. The lowest BCUT2D eigenvalue weighted by Gasteiger charge is -2.38. The smallest absolute Gasteiger partial charge is 0.156 e. The van der Waals surface area contributed by atoms with Crippen LogP contribution < -0.4 is 0 Å². The summed E-state index contributed by atoms with van der Waals surface area (Å²) in [4.78, 5) is 0. The topological polar surface area (TPSA) is 38.7 Å². The predicted molar refractivity (Wildman–Crippen MR) is 64.2 cm³/mol. The van der Waals surface area contributed by atoms with Gasteiger partial charge in [-0.1, -0.05) is 6.58 Å². The molecule has 1 saturated carbocycles. The second-order valence-electron chi connectivity index (χ2n) is 4.64. The van der Waals surface area contributed by atoms with E-state index in [9.17, 15) is 5.11 Å². The molecular formula is C13H24O3. The van der Waals surface area contributed by atoms with Crippen LogP contribution in [0, 0.1) is 0 Å². The first-order chi connectivity index (χ1) is 7.62. The Morgan fingerprint density at radius 1 is 1.31 bits per heavy atom. The summed E-state index contributed by atoms with van der Waals surface area (Å²) in [5, 5.41) is 10.0. The van der Waals surface area contributed by atoms with Gasteiger partial charge in [0.25, 0.3) is 0 Å². The van der Waals surface area contributed by atoms with Crippen LogP contribution in [0.1, 0.15) is 44.9 Å². The molecule has 3 nitrogen and oxygen atoms in total. The normalized spacial score (nSPS) is 18.5. The number of hydrogen-bond acceptors (Lipinski definition) is 3. The van der Waals surface area contributed by atoms with Gasteiger partial charge in [-0.05, 0) is 50.5 Å². The highest BCUT2D eigenvalue weighted by Gasteiger charge is 2.36. The molecule has 0 heterocycles. The molecule has 1 fully saturated rings. The molecular weight excluding hydrogens is 204 g/mol. The van der Waals surface area contributed by atoms with E-state index in [0.717, 1.165) is 50.5 Å². The first-order valence-electron chi connectivity index (χ1n) is 6.08. The Labute approximate surface area is 98.4 Å². The lowest BCUT2D eigenvalue weighted by molar-refractivity contribution is -0.107. The van der Waals surface area contributed by atoms with Crippen molar-refractivity contribution in [2.24, 2.45) is 0 Å². The number of methoxy groups -OCH3 is 2. The number of unbranched alkanes of at least 4 members (excludes halogenated alkanes) is 1. The first-order valence-corrected chi connectivity index (χ1v) is 6.08. The number of rotatable bonds is 8. The molecule has 0 aromatic rings. The Morgan fingerprint density at radius 2 is 1.94 bits per heavy atom. The zero-order valence-corrected chi connectivity index (χ0v) is 10.5. The molecule has 0 spiro atoms. The quantitative estimate of drug-likeness (QED) is 0.394. The van der Waals surface area contributed by atoms with Gasteiger partial charge in [0, 0.05) is 14.2 Å². The van der Waals surface area contributed by atoms with Gasteiger partial charge in [-0.3, -0.25) is 0 Å². The van der Waals surface area contributed by atoms with Gasteiger partial charge in [0.05, 0.1) is 5.60 Å². The molecule has 16 heavy (non-hydrogen) atoms. The van der Waals surface area contributed by atoms with Crippen molar-refractivity contribution < 1.29 is 14.6 Å². The van der Waals surface area contributed by atoms with Crippen LogP contribution in [0.4, 0.5) is 0 Å². The van der Waals surface area contributed by atoms with E-state index in [1.165, 1.54) is 0 Å². The lowest BCUT2D eigenvalue weighted by atomic mass is 9.74. The second kappa shape index (κ2) is 6.38. The van der Waals surface area contributed by atoms with Crippen molar-refractivity contribution in [1.29, 1.82) is 0 Å². The highest BCUT2D eigenvalue weighted by atomic mass is 16.7. The Balaban J connectivity index is 2.09. The molecule has 0 radical (unpaired) electrons. The third-order valence-electron chi connectivity index (χ3n) is 3.53. The van der Waals surface area contributed by atoms with E-state index in [4.69, 9.17) is 9.47 Å². The molecule has 3 heteroatoms. The standard InChI is InChI=1S/C13H24O3/c1-11(13(14)9-6-10-13)7-4-5-8-12(15-2)16-3/h12,14H,1,4-10H2,2-3H3. The summed E-state index contributed by atoms with van der Waals surface area (Å²) in [6.07, 6.45) is 6.72. The van der Waals surface area contributed by atoms with Crippen LogP contribution in [-0.4, -0.2) is 31.2 Å². The maximum absolute atomic E-state index is 10.0. The van der Waals surface area contributed by atoms with Crippen molar-refractivity contribution in [3.05, 3.63) is 12.2 Å². The fourth-order valence-corrected chi connectivity index (χ4v) is 2.08. The molecule has 0 saturated heterocycles. The largest absolute Gasteiger partial charge is 0.386 e. The van der Waals surface area contributed by atoms with Gasteiger partial charge in [0.15, 0.2) is 6.29 Å². The maximum Gasteiger partial charge on any atom is 0.156 e. The van der Waals surface area contributed by atoms with E-state index in [1.54, 1.807) is 14.2 Å². The van der Waals surface area contributed by atoms with Crippen LogP contribution in [0.2, 0.25) is 0 Å². The third-order valence-corrected chi connectivity index (χ3v) is 3.53. The van der Waals surface area contributed by atoms with Crippen LogP contribution >= 0.6 is 0 Å². The predicted octanol–water partition coefficient (Wildman–Crippen LogP) is 2.64. The van der Waals surface area contributed by atoms with Gasteiger partial charge < -0.3 is 14.6 Å². The van der Waals surface area contributed by atoms with Crippen molar-refractivity contribution in [3.8, 4) is 0 Å². The van der Waals surface area contributed by atoms with Crippen LogP contribution in [-0.2, 0) is 9.47 Å². The van der Waals surface area contributed by atoms with E-state index in [0.29, 0.717) is 0 Å². The van der Waals surface area contributed by atoms with Crippen LogP contribution in [0.3, 0.4) is 0 Å². The Kier molecular flexibility index (Phi) is 5.46. The molecule has 0 bridgehead atoms. The molecule has 1 aliphatic carbocycles. The van der Waals surface area contributed by atoms with Gasteiger partial charge >= 0.3 is 0 Å². The zero-order valence-electron chi connectivity index (χ0n) is 10.5. The average molecular weight is 228 g/mol.